The van der Waals surface area contributed by atoms with Gasteiger partial charge in [0, 0.05) is 18.7 Å². The van der Waals surface area contributed by atoms with Gasteiger partial charge in [0.15, 0.2) is 5.16 Å². The molecule has 0 aliphatic heterocycles. The summed E-state index contributed by atoms with van der Waals surface area (Å²) in [5.41, 5.74) is 4.07. The molecule has 6 nitrogen and oxygen atoms in total. The van der Waals surface area contributed by atoms with Crippen LogP contribution in [0.15, 0.2) is 65.8 Å². The van der Waals surface area contributed by atoms with E-state index in [4.69, 9.17) is 0 Å². The zero-order chi connectivity index (χ0) is 20.6. The van der Waals surface area contributed by atoms with Crippen molar-refractivity contribution in [1.29, 1.82) is 0 Å². The number of amides is 3. The molecule has 0 unspecified atom stereocenters. The van der Waals surface area contributed by atoms with Crippen LogP contribution in [-0.2, 0) is 17.8 Å². The zero-order valence-electron chi connectivity index (χ0n) is 16.4. The summed E-state index contributed by atoms with van der Waals surface area (Å²) in [6.45, 7) is 4.08. The average Bonchev–Trinajstić information content (AvgIpc) is 3.06. The molecule has 0 saturated carbocycles. The van der Waals surface area contributed by atoms with E-state index in [1.807, 2.05) is 55.5 Å². The Bertz CT molecular complexity index is 957. The molecule has 0 aliphatic rings. The van der Waals surface area contributed by atoms with E-state index in [1.165, 1.54) is 17.3 Å². The van der Waals surface area contributed by atoms with Crippen LogP contribution >= 0.6 is 11.8 Å². The van der Waals surface area contributed by atoms with Crippen LogP contribution in [0.2, 0.25) is 0 Å². The molecular formula is C22H24N4O2S. The number of urea groups is 1. The van der Waals surface area contributed by atoms with Crippen LogP contribution in [0.3, 0.4) is 0 Å². The van der Waals surface area contributed by atoms with Gasteiger partial charge in [0.2, 0.25) is 5.91 Å². The topological polar surface area (TPSA) is 86.9 Å². The molecule has 3 aromatic rings. The highest BCUT2D eigenvalue weighted by atomic mass is 32.2. The lowest BCUT2D eigenvalue weighted by molar-refractivity contribution is -0.119. The first-order chi connectivity index (χ1) is 14.0. The minimum absolute atomic E-state index is 0.362. The van der Waals surface area contributed by atoms with Crippen molar-refractivity contribution in [3.8, 4) is 0 Å². The van der Waals surface area contributed by atoms with Crippen molar-refractivity contribution in [3.63, 3.8) is 0 Å². The molecule has 1 atom stereocenters. The van der Waals surface area contributed by atoms with Gasteiger partial charge in [-0.1, -0.05) is 72.4 Å². The van der Waals surface area contributed by atoms with Gasteiger partial charge in [0.05, 0.1) is 10.9 Å². The van der Waals surface area contributed by atoms with E-state index in [0.29, 0.717) is 11.7 Å². The first-order valence-electron chi connectivity index (χ1n) is 9.40. The molecule has 0 saturated heterocycles. The Morgan fingerprint density at radius 1 is 1.03 bits per heavy atom. The molecule has 1 aromatic heterocycles. The lowest BCUT2D eigenvalue weighted by atomic mass is 10.1. The maximum Gasteiger partial charge on any atom is 0.321 e. The predicted molar refractivity (Wildman–Crippen MR) is 115 cm³/mol. The highest BCUT2D eigenvalue weighted by molar-refractivity contribution is 8.00. The summed E-state index contributed by atoms with van der Waals surface area (Å²) < 4.78 is 0. The smallest absolute Gasteiger partial charge is 0.321 e. The summed E-state index contributed by atoms with van der Waals surface area (Å²) in [4.78, 5) is 32.1. The number of aryl methyl sites for hydroxylation is 1. The monoisotopic (exact) mass is 408 g/mol. The third-order valence-corrected chi connectivity index (χ3v) is 5.35. The minimum atomic E-state index is -0.508. The van der Waals surface area contributed by atoms with Gasteiger partial charge in [-0.05, 0) is 25.0 Å². The van der Waals surface area contributed by atoms with Gasteiger partial charge in [-0.3, -0.25) is 10.1 Å². The minimum Gasteiger partial charge on any atom is -0.337 e. The van der Waals surface area contributed by atoms with Gasteiger partial charge in [-0.15, -0.1) is 0 Å². The maximum absolute atomic E-state index is 12.3. The number of nitrogens with one attached hydrogen (secondary N) is 3. The summed E-state index contributed by atoms with van der Waals surface area (Å²) >= 11 is 1.29. The van der Waals surface area contributed by atoms with Gasteiger partial charge >= 0.3 is 6.03 Å². The van der Waals surface area contributed by atoms with Crippen LogP contribution in [0, 0.1) is 6.92 Å². The molecule has 150 valence electrons. The van der Waals surface area contributed by atoms with Crippen molar-refractivity contribution in [2.24, 2.45) is 0 Å². The van der Waals surface area contributed by atoms with Crippen molar-refractivity contribution >= 4 is 23.7 Å². The van der Waals surface area contributed by atoms with Crippen LogP contribution in [0.1, 0.15) is 29.4 Å². The van der Waals surface area contributed by atoms with Gasteiger partial charge in [0.1, 0.15) is 0 Å². The van der Waals surface area contributed by atoms with E-state index in [1.54, 1.807) is 6.92 Å². The maximum atomic E-state index is 12.3. The van der Waals surface area contributed by atoms with Crippen molar-refractivity contribution in [2.45, 2.75) is 37.2 Å². The summed E-state index contributed by atoms with van der Waals surface area (Å²) in [6, 6.07) is 19.1. The number of aromatic amines is 1. The molecular weight excluding hydrogens is 384 g/mol. The molecule has 0 radical (unpaired) electrons. The second-order valence-electron chi connectivity index (χ2n) is 6.69. The Balaban J connectivity index is 1.50. The lowest BCUT2D eigenvalue weighted by Crippen LogP contribution is -2.42. The molecule has 1 heterocycles. The van der Waals surface area contributed by atoms with Gasteiger partial charge < -0.3 is 10.3 Å². The average molecular weight is 409 g/mol. The molecule has 0 fully saturated rings. The standard InChI is InChI=1S/C22H24N4O2S/c1-15-19(13-17-9-5-3-6-10-17)25-22(24-15)29-16(2)20(27)26-21(28)23-14-18-11-7-4-8-12-18/h3-12,16H,13-14H2,1-2H3,(H,24,25)(H2,23,26,27,28)/t16-/m1/s1. The number of hydrogen-bond acceptors (Lipinski definition) is 4. The van der Waals surface area contributed by atoms with Gasteiger partial charge in [-0.2, -0.15) is 0 Å². The molecule has 3 rings (SSSR count). The van der Waals surface area contributed by atoms with Crippen LogP contribution < -0.4 is 10.6 Å². The molecule has 3 N–H and O–H groups in total. The first-order valence-corrected chi connectivity index (χ1v) is 10.3. The number of aromatic nitrogens is 2. The molecule has 29 heavy (non-hydrogen) atoms. The summed E-state index contributed by atoms with van der Waals surface area (Å²) in [5.74, 6) is -0.362. The number of thioether (sulfide) groups is 1. The third kappa shape index (κ3) is 6.22. The van der Waals surface area contributed by atoms with Crippen molar-refractivity contribution in [1.82, 2.24) is 20.6 Å². The van der Waals surface area contributed by atoms with Gasteiger partial charge in [0.25, 0.3) is 0 Å². The second kappa shape index (κ2) is 9.93. The van der Waals surface area contributed by atoms with Crippen LogP contribution in [0.5, 0.6) is 0 Å². The fourth-order valence-corrected chi connectivity index (χ4v) is 3.62. The number of benzene rings is 2. The molecule has 0 spiro atoms. The number of carbonyl (C=O) groups excluding carboxylic acids is 2. The number of H-pyrrole nitrogens is 1. The van der Waals surface area contributed by atoms with Gasteiger partial charge in [-0.25, -0.2) is 9.78 Å². The van der Waals surface area contributed by atoms with Crippen LogP contribution in [0.25, 0.3) is 0 Å². The number of carbonyl (C=O) groups is 2. The largest absolute Gasteiger partial charge is 0.337 e. The third-order valence-electron chi connectivity index (χ3n) is 4.37. The Kier molecular flexibility index (Phi) is 7.08. The van der Waals surface area contributed by atoms with E-state index in [-0.39, 0.29) is 5.91 Å². The molecule has 7 heteroatoms. The van der Waals surface area contributed by atoms with Crippen molar-refractivity contribution in [3.05, 3.63) is 83.2 Å². The van der Waals surface area contributed by atoms with Crippen molar-refractivity contribution in [2.75, 3.05) is 0 Å². The van der Waals surface area contributed by atoms with Crippen LogP contribution in [-0.4, -0.2) is 27.2 Å². The Hall–Kier alpha value is -3.06. The fourth-order valence-electron chi connectivity index (χ4n) is 2.74. The predicted octanol–water partition coefficient (Wildman–Crippen LogP) is 3.82. The molecule has 0 bridgehead atoms. The van der Waals surface area contributed by atoms with E-state index in [0.717, 1.165) is 23.4 Å². The normalized spacial score (nSPS) is 11.7. The quantitative estimate of drug-likeness (QED) is 0.519. The van der Waals surface area contributed by atoms with E-state index in [9.17, 15) is 9.59 Å². The second-order valence-corrected chi connectivity index (χ2v) is 8.02. The SMILES string of the molecule is Cc1[nH]c(S[C@H](C)C(=O)NC(=O)NCc2ccccc2)nc1Cc1ccccc1. The van der Waals surface area contributed by atoms with E-state index >= 15 is 0 Å². The number of imidazole rings is 1. The Morgan fingerprint density at radius 3 is 2.31 bits per heavy atom. The summed E-state index contributed by atoms with van der Waals surface area (Å²) in [7, 11) is 0. The van der Waals surface area contributed by atoms with E-state index in [2.05, 4.69) is 32.7 Å². The zero-order valence-corrected chi connectivity index (χ0v) is 17.3. The van der Waals surface area contributed by atoms with E-state index < -0.39 is 11.3 Å². The first kappa shape index (κ1) is 20.7. The number of imide groups is 1. The molecule has 3 amide bonds. The number of hydrogen-bond donors (Lipinski definition) is 3. The fraction of sp³-hybridized carbons (Fsp3) is 0.227. The lowest BCUT2D eigenvalue weighted by Gasteiger charge is -2.10. The number of rotatable bonds is 7. The van der Waals surface area contributed by atoms with Crippen LogP contribution in [0.4, 0.5) is 4.79 Å². The van der Waals surface area contributed by atoms with Crippen molar-refractivity contribution < 1.29 is 9.59 Å². The molecule has 0 aliphatic carbocycles. The summed E-state index contributed by atoms with van der Waals surface area (Å²) in [6.07, 6.45) is 0.728. The highest BCUT2D eigenvalue weighted by Crippen LogP contribution is 2.23. The highest BCUT2D eigenvalue weighted by Gasteiger charge is 2.19. The Morgan fingerprint density at radius 2 is 1.66 bits per heavy atom. The molecule has 2 aromatic carbocycles. The Labute approximate surface area is 174 Å². The summed E-state index contributed by atoms with van der Waals surface area (Å²) in [5, 5.41) is 5.27. The number of nitrogens with zero attached hydrogens (tertiary/aromatic N) is 1.